The molecular weight excluding hydrogens is 252 g/mol. The van der Waals surface area contributed by atoms with Crippen LogP contribution in [0.3, 0.4) is 0 Å². The number of rotatable bonds is 3. The smallest absolute Gasteiger partial charge is 0.319 e. The summed E-state index contributed by atoms with van der Waals surface area (Å²) in [6.45, 7) is 6.86. The summed E-state index contributed by atoms with van der Waals surface area (Å²) in [5.41, 5.74) is 1.78. The maximum absolute atomic E-state index is 11.7. The summed E-state index contributed by atoms with van der Waals surface area (Å²) in [6, 6.07) is 9.21. The summed E-state index contributed by atoms with van der Waals surface area (Å²) >= 11 is 0. The fraction of sp³-hybridized carbons (Fsp3) is 0.333. The number of hydrogen-bond donors (Lipinski definition) is 2. The number of anilines is 1. The zero-order valence-corrected chi connectivity index (χ0v) is 12.1. The Labute approximate surface area is 119 Å². The SMILES string of the molecule is CC(C)(C)CNC(=O)Nc1ccc(-n2cccn2)cc1. The molecule has 1 aromatic heterocycles. The third-order valence-electron chi connectivity index (χ3n) is 2.67. The Morgan fingerprint density at radius 2 is 1.95 bits per heavy atom. The molecule has 2 amide bonds. The second-order valence-corrected chi connectivity index (χ2v) is 5.87. The van der Waals surface area contributed by atoms with Crippen LogP contribution in [0.1, 0.15) is 20.8 Å². The zero-order valence-electron chi connectivity index (χ0n) is 12.1. The highest BCUT2D eigenvalue weighted by Gasteiger charge is 2.11. The first-order valence-electron chi connectivity index (χ1n) is 6.59. The summed E-state index contributed by atoms with van der Waals surface area (Å²) in [4.78, 5) is 11.7. The molecule has 0 aliphatic heterocycles. The number of urea groups is 1. The van der Waals surface area contributed by atoms with Crippen LogP contribution in [0.15, 0.2) is 42.7 Å². The van der Waals surface area contributed by atoms with Crippen molar-refractivity contribution in [2.24, 2.45) is 5.41 Å². The first-order valence-corrected chi connectivity index (χ1v) is 6.59. The van der Waals surface area contributed by atoms with Crippen LogP contribution in [0, 0.1) is 5.41 Å². The lowest BCUT2D eigenvalue weighted by Crippen LogP contribution is -2.35. The molecule has 0 fully saturated rings. The van der Waals surface area contributed by atoms with Gasteiger partial charge in [0.25, 0.3) is 0 Å². The first kappa shape index (κ1) is 14.1. The third kappa shape index (κ3) is 4.12. The molecule has 0 aliphatic carbocycles. The van der Waals surface area contributed by atoms with Gasteiger partial charge in [0.2, 0.25) is 0 Å². The van der Waals surface area contributed by atoms with E-state index in [1.165, 1.54) is 0 Å². The van der Waals surface area contributed by atoms with E-state index in [9.17, 15) is 4.79 Å². The average Bonchev–Trinajstić information content (AvgIpc) is 2.90. The summed E-state index contributed by atoms with van der Waals surface area (Å²) in [6.07, 6.45) is 3.60. The number of benzene rings is 1. The summed E-state index contributed by atoms with van der Waals surface area (Å²) in [5.74, 6) is 0. The van der Waals surface area contributed by atoms with Crippen LogP contribution in [0.25, 0.3) is 5.69 Å². The van der Waals surface area contributed by atoms with Crippen molar-refractivity contribution in [2.45, 2.75) is 20.8 Å². The van der Waals surface area contributed by atoms with Gasteiger partial charge in [0.1, 0.15) is 0 Å². The Bertz CT molecular complexity index is 553. The van der Waals surface area contributed by atoms with Crippen LogP contribution < -0.4 is 10.6 Å². The van der Waals surface area contributed by atoms with Gasteiger partial charge in [-0.1, -0.05) is 20.8 Å². The van der Waals surface area contributed by atoms with Crippen LogP contribution in [0.2, 0.25) is 0 Å². The number of hydrogen-bond acceptors (Lipinski definition) is 2. The van der Waals surface area contributed by atoms with Crippen molar-refractivity contribution in [3.63, 3.8) is 0 Å². The fourth-order valence-corrected chi connectivity index (χ4v) is 1.64. The second kappa shape index (κ2) is 5.77. The number of carbonyl (C=O) groups is 1. The number of nitrogens with zero attached hydrogens (tertiary/aromatic N) is 2. The lowest BCUT2D eigenvalue weighted by molar-refractivity contribution is 0.247. The standard InChI is InChI=1S/C15H20N4O/c1-15(2,3)11-16-14(20)18-12-5-7-13(8-6-12)19-10-4-9-17-19/h4-10H,11H2,1-3H3,(H2,16,18,20). The highest BCUT2D eigenvalue weighted by atomic mass is 16.2. The van der Waals surface area contributed by atoms with Gasteiger partial charge in [0, 0.05) is 24.6 Å². The topological polar surface area (TPSA) is 59.0 Å². The van der Waals surface area contributed by atoms with Crippen LogP contribution in [0.4, 0.5) is 10.5 Å². The number of aromatic nitrogens is 2. The van der Waals surface area contributed by atoms with Crippen molar-refractivity contribution >= 4 is 11.7 Å². The molecule has 0 atom stereocenters. The van der Waals surface area contributed by atoms with E-state index in [2.05, 4.69) is 36.5 Å². The molecule has 0 spiro atoms. The molecule has 0 radical (unpaired) electrons. The minimum absolute atomic E-state index is 0.0707. The van der Waals surface area contributed by atoms with Gasteiger partial charge in [-0.2, -0.15) is 5.10 Å². The van der Waals surface area contributed by atoms with Gasteiger partial charge in [0.15, 0.2) is 0 Å². The second-order valence-electron chi connectivity index (χ2n) is 5.87. The maximum atomic E-state index is 11.7. The van der Waals surface area contributed by atoms with E-state index >= 15 is 0 Å². The Balaban J connectivity index is 1.92. The first-order chi connectivity index (χ1) is 9.44. The molecule has 5 heteroatoms. The Morgan fingerprint density at radius 3 is 2.50 bits per heavy atom. The highest BCUT2D eigenvalue weighted by Crippen LogP contribution is 2.13. The lowest BCUT2D eigenvalue weighted by Gasteiger charge is -2.18. The van der Waals surface area contributed by atoms with Crippen molar-refractivity contribution in [3.8, 4) is 5.69 Å². The molecule has 0 aliphatic rings. The van der Waals surface area contributed by atoms with E-state index in [0.717, 1.165) is 11.4 Å². The minimum atomic E-state index is -0.188. The third-order valence-corrected chi connectivity index (χ3v) is 2.67. The Kier molecular flexibility index (Phi) is 4.08. The van der Waals surface area contributed by atoms with E-state index in [-0.39, 0.29) is 11.4 Å². The van der Waals surface area contributed by atoms with E-state index in [4.69, 9.17) is 0 Å². The molecule has 2 N–H and O–H groups in total. The summed E-state index contributed by atoms with van der Waals surface area (Å²) in [5, 5.41) is 9.80. The van der Waals surface area contributed by atoms with Gasteiger partial charge in [0.05, 0.1) is 5.69 Å². The number of nitrogens with one attached hydrogen (secondary N) is 2. The van der Waals surface area contributed by atoms with Gasteiger partial charge < -0.3 is 10.6 Å². The molecule has 20 heavy (non-hydrogen) atoms. The van der Waals surface area contributed by atoms with Crippen molar-refractivity contribution in [2.75, 3.05) is 11.9 Å². The van der Waals surface area contributed by atoms with E-state index in [1.807, 2.05) is 36.5 Å². The fourth-order valence-electron chi connectivity index (χ4n) is 1.64. The molecule has 106 valence electrons. The molecule has 1 heterocycles. The summed E-state index contributed by atoms with van der Waals surface area (Å²) < 4.78 is 1.77. The van der Waals surface area contributed by atoms with Crippen LogP contribution in [-0.4, -0.2) is 22.4 Å². The Hall–Kier alpha value is -2.30. The molecule has 0 saturated carbocycles. The lowest BCUT2D eigenvalue weighted by atomic mass is 9.97. The molecule has 2 aromatic rings. The largest absolute Gasteiger partial charge is 0.337 e. The van der Waals surface area contributed by atoms with Gasteiger partial charge in [-0.15, -0.1) is 0 Å². The number of amides is 2. The monoisotopic (exact) mass is 272 g/mol. The van der Waals surface area contributed by atoms with Gasteiger partial charge in [-0.25, -0.2) is 9.48 Å². The molecule has 1 aromatic carbocycles. The predicted molar refractivity (Wildman–Crippen MR) is 80.0 cm³/mol. The zero-order chi connectivity index (χ0) is 14.6. The van der Waals surface area contributed by atoms with Crippen molar-refractivity contribution in [3.05, 3.63) is 42.7 Å². The predicted octanol–water partition coefficient (Wildman–Crippen LogP) is 3.04. The van der Waals surface area contributed by atoms with E-state index < -0.39 is 0 Å². The Morgan fingerprint density at radius 1 is 1.25 bits per heavy atom. The molecule has 5 nitrogen and oxygen atoms in total. The van der Waals surface area contributed by atoms with E-state index in [1.54, 1.807) is 10.9 Å². The number of carbonyl (C=O) groups excluding carboxylic acids is 1. The van der Waals surface area contributed by atoms with Gasteiger partial charge >= 0.3 is 6.03 Å². The average molecular weight is 272 g/mol. The van der Waals surface area contributed by atoms with Crippen molar-refractivity contribution in [1.82, 2.24) is 15.1 Å². The van der Waals surface area contributed by atoms with Gasteiger partial charge in [-0.3, -0.25) is 0 Å². The van der Waals surface area contributed by atoms with Crippen LogP contribution in [0.5, 0.6) is 0 Å². The molecule has 2 rings (SSSR count). The highest BCUT2D eigenvalue weighted by molar-refractivity contribution is 5.89. The maximum Gasteiger partial charge on any atom is 0.319 e. The minimum Gasteiger partial charge on any atom is -0.337 e. The van der Waals surface area contributed by atoms with Crippen molar-refractivity contribution < 1.29 is 4.79 Å². The van der Waals surface area contributed by atoms with Crippen LogP contribution in [-0.2, 0) is 0 Å². The van der Waals surface area contributed by atoms with Crippen LogP contribution >= 0.6 is 0 Å². The molecule has 0 bridgehead atoms. The normalized spacial score (nSPS) is 11.2. The van der Waals surface area contributed by atoms with E-state index in [0.29, 0.717) is 6.54 Å². The quantitative estimate of drug-likeness (QED) is 0.902. The summed E-state index contributed by atoms with van der Waals surface area (Å²) in [7, 11) is 0. The molecule has 0 saturated heterocycles. The van der Waals surface area contributed by atoms with Gasteiger partial charge in [-0.05, 0) is 35.7 Å². The van der Waals surface area contributed by atoms with Crippen molar-refractivity contribution in [1.29, 1.82) is 0 Å². The molecule has 0 unspecified atom stereocenters. The molecular formula is C15H20N4O.